The van der Waals surface area contributed by atoms with Gasteiger partial charge in [0.1, 0.15) is 23.0 Å². The lowest BCUT2D eigenvalue weighted by atomic mass is 9.65. The van der Waals surface area contributed by atoms with E-state index < -0.39 is 10.8 Å². The molecule has 4 heterocycles. The number of fused-ring (bicyclic) bond motifs is 18. The van der Waals surface area contributed by atoms with E-state index in [1.54, 1.807) is 0 Å². The largest absolute Gasteiger partial charge is 0.456 e. The third kappa shape index (κ3) is 10.0. The highest BCUT2D eigenvalue weighted by Gasteiger charge is 2.53. The van der Waals surface area contributed by atoms with Crippen LogP contribution in [0.15, 0.2) is 388 Å². The van der Waals surface area contributed by atoms with Gasteiger partial charge in [0.2, 0.25) is 0 Å². The first-order chi connectivity index (χ1) is 55.5. The number of nitrogens with zero attached hydrogens (tertiary/aromatic N) is 6. The molecule has 0 saturated heterocycles. The van der Waals surface area contributed by atoms with Gasteiger partial charge >= 0.3 is 0 Å². The Hall–Kier alpha value is -14.9. The van der Waals surface area contributed by atoms with Crippen LogP contribution >= 0.6 is 0 Å². The molecule has 0 radical (unpaired) electrons. The van der Waals surface area contributed by atoms with Crippen LogP contribution in [0.2, 0.25) is 0 Å². The van der Waals surface area contributed by atoms with E-state index in [9.17, 15) is 0 Å². The zero-order valence-electron chi connectivity index (χ0n) is 60.5. The predicted octanol–water partition coefficient (Wildman–Crippen LogP) is 25.3. The van der Waals surface area contributed by atoms with Crippen LogP contribution in [0.5, 0.6) is 23.0 Å². The van der Waals surface area contributed by atoms with Gasteiger partial charge in [0.05, 0.1) is 10.8 Å². The lowest BCUT2D eigenvalue weighted by Gasteiger charge is -2.40. The molecule has 0 N–H and O–H groups in total. The average Bonchev–Trinajstić information content (AvgIpc) is 1.49. The number of para-hydroxylation sites is 3. The molecule has 0 atom stereocenters. The Kier molecular flexibility index (Phi) is 14.9. The topological polar surface area (TPSA) is 95.8 Å². The van der Waals surface area contributed by atoms with Gasteiger partial charge in [-0.2, -0.15) is 0 Å². The van der Waals surface area contributed by atoms with E-state index in [1.165, 1.54) is 44.5 Å². The molecular weight excluding hydrogens is 1370 g/mol. The quantitative estimate of drug-likeness (QED) is 0.126. The predicted molar refractivity (Wildman–Crippen MR) is 448 cm³/mol. The number of hydrogen-bond acceptors (Lipinski definition) is 8. The third-order valence-corrected chi connectivity index (χ3v) is 23.0. The highest BCUT2D eigenvalue weighted by atomic mass is 16.5. The maximum Gasteiger partial charge on any atom is 0.164 e. The molecule has 0 bridgehead atoms. The van der Waals surface area contributed by atoms with E-state index in [4.69, 9.17) is 39.4 Å². The van der Waals surface area contributed by atoms with Crippen LogP contribution in [0.1, 0.15) is 44.5 Å². The van der Waals surface area contributed by atoms with Gasteiger partial charge in [-0.3, -0.25) is 0 Å². The molecule has 2 spiro atoms. The smallest absolute Gasteiger partial charge is 0.164 e. The summed E-state index contributed by atoms with van der Waals surface area (Å²) in [5.74, 6) is 6.73. The number of rotatable bonds is 11. The SMILES string of the molecule is c1ccc(-c2nc(-c3ccc(-c4ccc5c(c4)Oc4c(-c6ccccc6-c6ccccc6-c6nc(-c7ccccc7)nc(-c7ccccc7)n6)cccc4C54c5ccccc5-c5ccccc54)cc3)nc(-c3cccc(-c4ccccc4-c4cccc5c4Oc4ccccc4C54c5ccccc5-c5ccccc54)c3)n2)cc1. The second-order valence-corrected chi connectivity index (χ2v) is 29.0. The number of hydrogen-bond donors (Lipinski definition) is 0. The maximum absolute atomic E-state index is 7.65. The van der Waals surface area contributed by atoms with Crippen molar-refractivity contribution in [3.63, 3.8) is 0 Å². The Balaban J connectivity index is 0.638. The van der Waals surface area contributed by atoms with Crippen molar-refractivity contribution in [1.29, 1.82) is 0 Å². The molecule has 4 aliphatic rings. The summed E-state index contributed by atoms with van der Waals surface area (Å²) in [7, 11) is 0. The van der Waals surface area contributed by atoms with Crippen molar-refractivity contribution in [1.82, 2.24) is 29.9 Å². The van der Waals surface area contributed by atoms with E-state index >= 15 is 0 Å². The molecule has 0 unspecified atom stereocenters. The molecule has 8 heteroatoms. The molecule has 2 aliphatic heterocycles. The number of ether oxygens (including phenoxy) is 2. The van der Waals surface area contributed by atoms with Crippen LogP contribution in [0.3, 0.4) is 0 Å². The van der Waals surface area contributed by atoms with E-state index in [1.807, 2.05) is 78.9 Å². The standard InChI is InChI=1S/C104H64N6O2/c1-4-29-66(30-5-1)97-105-100(108-101(107-97)72-36-26-35-71(63-72)73-37-10-11-38-74(73)82-47-27-54-91-95(82)111-93-56-25-24-53-89(93)103(91)85-49-20-16-42-78(85)79-43-17-21-50-86(79)103)69-59-57-65(58-60-69)70-61-62-90-94(64-70)112-96-83(48-28-55-92(96)104(90)87-51-22-18-44-80(87)81-45-19-23-52-88(81)104)76-40-13-12-39-75(76)77-41-14-15-46-84(77)102-109-98(67-31-6-2-7-32-67)106-99(110-102)68-33-8-3-9-34-68/h1-64H. The highest BCUT2D eigenvalue weighted by Crippen LogP contribution is 2.66. The average molecular weight is 1430 g/mol. The van der Waals surface area contributed by atoms with Crippen molar-refractivity contribution >= 4 is 0 Å². The van der Waals surface area contributed by atoms with Crippen molar-refractivity contribution in [2.75, 3.05) is 0 Å². The first kappa shape index (κ1) is 64.3. The molecular formula is C104H64N6O2. The molecule has 0 amide bonds. The zero-order valence-corrected chi connectivity index (χ0v) is 60.5. The first-order valence-electron chi connectivity index (χ1n) is 38.0. The Morgan fingerprint density at radius 2 is 0.438 bits per heavy atom. The molecule has 0 saturated carbocycles. The van der Waals surface area contributed by atoms with Crippen LogP contribution < -0.4 is 9.47 Å². The van der Waals surface area contributed by atoms with E-state index in [0.29, 0.717) is 34.9 Å². The van der Waals surface area contributed by atoms with Crippen LogP contribution in [0.4, 0.5) is 0 Å². The number of aromatic nitrogens is 6. The molecule has 0 fully saturated rings. The van der Waals surface area contributed by atoms with Gasteiger partial charge in [-0.25, -0.2) is 29.9 Å². The van der Waals surface area contributed by atoms with Gasteiger partial charge in [0.15, 0.2) is 34.9 Å². The van der Waals surface area contributed by atoms with Crippen LogP contribution in [0.25, 0.3) is 146 Å². The fraction of sp³-hybridized carbons (Fsp3) is 0.0192. The molecule has 8 nitrogen and oxygen atoms in total. The summed E-state index contributed by atoms with van der Waals surface area (Å²) >= 11 is 0. The van der Waals surface area contributed by atoms with Crippen molar-refractivity contribution in [3.8, 4) is 169 Å². The van der Waals surface area contributed by atoms with E-state index in [-0.39, 0.29) is 0 Å². The second-order valence-electron chi connectivity index (χ2n) is 29.0. The fourth-order valence-electron chi connectivity index (χ4n) is 18.2. The van der Waals surface area contributed by atoms with Crippen molar-refractivity contribution < 1.29 is 9.47 Å². The molecule has 16 aromatic carbocycles. The van der Waals surface area contributed by atoms with E-state index in [0.717, 1.165) is 134 Å². The molecule has 2 aromatic heterocycles. The Morgan fingerprint density at radius 1 is 0.152 bits per heavy atom. The van der Waals surface area contributed by atoms with Gasteiger partial charge in [-0.05, 0) is 107 Å². The fourth-order valence-corrected chi connectivity index (χ4v) is 18.2. The normalized spacial score (nSPS) is 13.1. The summed E-state index contributed by atoms with van der Waals surface area (Å²) in [5, 5.41) is 0. The van der Waals surface area contributed by atoms with Crippen molar-refractivity contribution in [2.45, 2.75) is 10.8 Å². The second kappa shape index (κ2) is 25.9. The first-order valence-corrected chi connectivity index (χ1v) is 38.0. The van der Waals surface area contributed by atoms with E-state index in [2.05, 4.69) is 309 Å². The molecule has 2 aliphatic carbocycles. The van der Waals surface area contributed by atoms with Crippen LogP contribution in [0, 0.1) is 0 Å². The van der Waals surface area contributed by atoms with Gasteiger partial charge < -0.3 is 9.47 Å². The Morgan fingerprint density at radius 3 is 0.920 bits per heavy atom. The van der Waals surface area contributed by atoms with Gasteiger partial charge in [0, 0.05) is 66.8 Å². The summed E-state index contributed by atoms with van der Waals surface area (Å²) in [5.41, 5.74) is 28.2. The van der Waals surface area contributed by atoms with Crippen LogP contribution in [-0.2, 0) is 10.8 Å². The van der Waals surface area contributed by atoms with Gasteiger partial charge in [0.25, 0.3) is 0 Å². The van der Waals surface area contributed by atoms with Crippen molar-refractivity contribution in [2.24, 2.45) is 0 Å². The molecule has 22 rings (SSSR count). The summed E-state index contributed by atoms with van der Waals surface area (Å²) < 4.78 is 14.9. The van der Waals surface area contributed by atoms with Crippen LogP contribution in [-0.4, -0.2) is 29.9 Å². The Labute approximate surface area is 648 Å². The van der Waals surface area contributed by atoms with Gasteiger partial charge in [-0.15, -0.1) is 0 Å². The maximum atomic E-state index is 7.65. The lowest BCUT2D eigenvalue weighted by molar-refractivity contribution is 0.438. The minimum absolute atomic E-state index is 0.557. The third-order valence-electron chi connectivity index (χ3n) is 23.0. The number of benzene rings is 16. The summed E-state index contributed by atoms with van der Waals surface area (Å²) in [6.45, 7) is 0. The zero-order chi connectivity index (χ0) is 73.9. The summed E-state index contributed by atoms with van der Waals surface area (Å²) in [6, 6.07) is 138. The Bertz CT molecular complexity index is 6690. The van der Waals surface area contributed by atoms with Gasteiger partial charge in [-0.1, -0.05) is 370 Å². The highest BCUT2D eigenvalue weighted by molar-refractivity contribution is 5.98. The summed E-state index contributed by atoms with van der Waals surface area (Å²) in [4.78, 5) is 31.4. The minimum atomic E-state index is -0.742. The monoisotopic (exact) mass is 1430 g/mol. The molecule has 522 valence electrons. The molecule has 18 aromatic rings. The molecule has 112 heavy (non-hydrogen) atoms. The minimum Gasteiger partial charge on any atom is -0.456 e. The summed E-state index contributed by atoms with van der Waals surface area (Å²) in [6.07, 6.45) is 0. The van der Waals surface area contributed by atoms with Crippen molar-refractivity contribution in [3.05, 3.63) is 433 Å². The lowest BCUT2D eigenvalue weighted by Crippen LogP contribution is -2.32.